The summed E-state index contributed by atoms with van der Waals surface area (Å²) in [5, 5.41) is 3.37. The van der Waals surface area contributed by atoms with Crippen LogP contribution in [0, 0.1) is 0 Å². The van der Waals surface area contributed by atoms with E-state index in [0.717, 1.165) is 44.4 Å². The average molecular weight is 560 g/mol. The van der Waals surface area contributed by atoms with E-state index < -0.39 is 6.61 Å². The predicted octanol–water partition coefficient (Wildman–Crippen LogP) is 3.95. The van der Waals surface area contributed by atoms with Crippen LogP contribution in [-0.4, -0.2) is 62.8 Å². The van der Waals surface area contributed by atoms with Gasteiger partial charge in [-0.05, 0) is 28.8 Å². The van der Waals surface area contributed by atoms with Gasteiger partial charge in [0.1, 0.15) is 5.75 Å². The van der Waals surface area contributed by atoms with Crippen molar-refractivity contribution in [2.45, 2.75) is 26.2 Å². The van der Waals surface area contributed by atoms with Gasteiger partial charge in [0.05, 0.1) is 13.2 Å². The van der Waals surface area contributed by atoms with Crippen molar-refractivity contribution < 1.29 is 18.3 Å². The fourth-order valence-corrected chi connectivity index (χ4v) is 3.47. The van der Waals surface area contributed by atoms with Crippen molar-refractivity contribution in [3.63, 3.8) is 0 Å². The van der Waals surface area contributed by atoms with Crippen LogP contribution in [0.3, 0.4) is 0 Å². The lowest BCUT2D eigenvalue weighted by molar-refractivity contribution is -0.0498. The second kappa shape index (κ2) is 13.5. The molecule has 1 heterocycles. The smallest absolute Gasteiger partial charge is 0.387 e. The fourth-order valence-electron chi connectivity index (χ4n) is 3.47. The Balaban J connectivity index is 0.00000363. The maximum atomic E-state index is 12.3. The number of nitrogens with one attached hydrogen (secondary N) is 1. The number of rotatable bonds is 8. The zero-order valence-electron chi connectivity index (χ0n) is 18.5. The van der Waals surface area contributed by atoms with Crippen molar-refractivity contribution in [2.24, 2.45) is 4.99 Å². The molecule has 1 N–H and O–H groups in total. The quantitative estimate of drug-likeness (QED) is 0.301. The van der Waals surface area contributed by atoms with E-state index in [1.54, 1.807) is 31.3 Å². The number of halogens is 3. The summed E-state index contributed by atoms with van der Waals surface area (Å²) in [6, 6.07) is 15.2. The molecule has 3 rings (SSSR count). The van der Waals surface area contributed by atoms with Gasteiger partial charge in [-0.1, -0.05) is 36.4 Å². The highest BCUT2D eigenvalue weighted by molar-refractivity contribution is 14.0. The molecule has 2 aromatic carbocycles. The molecule has 0 spiro atoms. The Hall–Kier alpha value is -1.98. The van der Waals surface area contributed by atoms with E-state index >= 15 is 0 Å². The van der Waals surface area contributed by atoms with Crippen molar-refractivity contribution >= 4 is 29.9 Å². The van der Waals surface area contributed by atoms with Gasteiger partial charge in [-0.25, -0.2) is 0 Å². The first kappa shape index (κ1) is 26.3. The number of ether oxygens (including phenoxy) is 2. The summed E-state index contributed by atoms with van der Waals surface area (Å²) in [5.41, 5.74) is 3.44. The molecular weight excluding hydrogens is 529 g/mol. The van der Waals surface area contributed by atoms with Gasteiger partial charge in [-0.2, -0.15) is 8.78 Å². The number of aliphatic imine (C=N–C) groups is 1. The molecule has 32 heavy (non-hydrogen) atoms. The summed E-state index contributed by atoms with van der Waals surface area (Å²) >= 11 is 0. The third-order valence-electron chi connectivity index (χ3n) is 5.13. The number of morpholine rings is 1. The molecule has 1 aliphatic rings. The normalized spacial score (nSPS) is 14.7. The molecule has 0 atom stereocenters. The minimum Gasteiger partial charge on any atom is -0.435 e. The van der Waals surface area contributed by atoms with Crippen molar-refractivity contribution in [1.29, 1.82) is 0 Å². The maximum Gasteiger partial charge on any atom is 0.387 e. The van der Waals surface area contributed by atoms with E-state index in [2.05, 4.69) is 44.2 Å². The van der Waals surface area contributed by atoms with E-state index in [1.165, 1.54) is 11.1 Å². The van der Waals surface area contributed by atoms with Crippen molar-refractivity contribution in [2.75, 3.05) is 40.4 Å². The molecule has 0 aliphatic carbocycles. The van der Waals surface area contributed by atoms with Gasteiger partial charge >= 0.3 is 6.61 Å². The van der Waals surface area contributed by atoms with E-state index in [0.29, 0.717) is 13.1 Å². The van der Waals surface area contributed by atoms with Crippen molar-refractivity contribution in [1.82, 2.24) is 15.1 Å². The highest BCUT2D eigenvalue weighted by Crippen LogP contribution is 2.16. The van der Waals surface area contributed by atoms with Gasteiger partial charge in [-0.3, -0.25) is 9.89 Å². The SMILES string of the molecule is CN=C(NCc1ccc(CN2CCOCC2)cc1)N(C)Cc1ccc(OC(F)F)cc1.I. The monoisotopic (exact) mass is 560 g/mol. The first-order valence-corrected chi connectivity index (χ1v) is 10.4. The largest absolute Gasteiger partial charge is 0.435 e. The molecule has 176 valence electrons. The third kappa shape index (κ3) is 8.51. The molecule has 9 heteroatoms. The molecule has 0 bridgehead atoms. The standard InChI is InChI=1S/C23H30F2N4O2.HI/c1-26-23(28(2)16-19-7-9-21(10-8-19)31-22(24)25)27-15-18-3-5-20(6-4-18)17-29-11-13-30-14-12-29;/h3-10,22H,11-17H2,1-2H3,(H,26,27);1H. The first-order valence-electron chi connectivity index (χ1n) is 10.4. The summed E-state index contributed by atoms with van der Waals surface area (Å²) in [4.78, 5) is 8.72. The Morgan fingerprint density at radius 2 is 1.66 bits per heavy atom. The van der Waals surface area contributed by atoms with Gasteiger partial charge < -0.3 is 19.7 Å². The van der Waals surface area contributed by atoms with Crippen LogP contribution in [0.4, 0.5) is 8.78 Å². The molecule has 1 saturated heterocycles. The number of nitrogens with zero attached hydrogens (tertiary/aromatic N) is 3. The second-order valence-electron chi connectivity index (χ2n) is 7.48. The predicted molar refractivity (Wildman–Crippen MR) is 133 cm³/mol. The lowest BCUT2D eigenvalue weighted by Crippen LogP contribution is -2.38. The zero-order valence-corrected chi connectivity index (χ0v) is 20.8. The van der Waals surface area contributed by atoms with Crippen LogP contribution in [0.15, 0.2) is 53.5 Å². The molecule has 2 aromatic rings. The van der Waals surface area contributed by atoms with Gasteiger partial charge in [0.25, 0.3) is 0 Å². The highest BCUT2D eigenvalue weighted by atomic mass is 127. The summed E-state index contributed by atoms with van der Waals surface area (Å²) in [5.74, 6) is 0.909. The maximum absolute atomic E-state index is 12.3. The number of benzene rings is 2. The lowest BCUT2D eigenvalue weighted by atomic mass is 10.1. The molecular formula is C23H31F2IN4O2. The lowest BCUT2D eigenvalue weighted by Gasteiger charge is -2.26. The van der Waals surface area contributed by atoms with Crippen LogP contribution in [-0.2, 0) is 24.4 Å². The molecule has 0 aromatic heterocycles. The number of guanidine groups is 1. The van der Waals surface area contributed by atoms with E-state index in [9.17, 15) is 8.78 Å². The van der Waals surface area contributed by atoms with Gasteiger partial charge in [0, 0.05) is 46.8 Å². The molecule has 0 saturated carbocycles. The van der Waals surface area contributed by atoms with E-state index in [4.69, 9.17) is 4.74 Å². The van der Waals surface area contributed by atoms with Gasteiger partial charge in [0.2, 0.25) is 0 Å². The minimum absolute atomic E-state index is 0. The van der Waals surface area contributed by atoms with Crippen LogP contribution in [0.2, 0.25) is 0 Å². The Kier molecular flexibility index (Phi) is 11.1. The van der Waals surface area contributed by atoms with Crippen molar-refractivity contribution in [3.05, 3.63) is 65.2 Å². The number of hydrogen-bond acceptors (Lipinski definition) is 4. The van der Waals surface area contributed by atoms with Crippen molar-refractivity contribution in [3.8, 4) is 5.75 Å². The number of alkyl halides is 2. The van der Waals surface area contributed by atoms with Crippen LogP contribution in [0.5, 0.6) is 5.75 Å². The topological polar surface area (TPSA) is 49.3 Å². The van der Waals surface area contributed by atoms with Crippen LogP contribution < -0.4 is 10.1 Å². The number of hydrogen-bond donors (Lipinski definition) is 1. The Morgan fingerprint density at radius 1 is 1.06 bits per heavy atom. The Morgan fingerprint density at radius 3 is 2.25 bits per heavy atom. The highest BCUT2D eigenvalue weighted by Gasteiger charge is 2.11. The van der Waals surface area contributed by atoms with Crippen LogP contribution in [0.1, 0.15) is 16.7 Å². The Bertz CT molecular complexity index is 829. The molecule has 1 fully saturated rings. The first-order chi connectivity index (χ1) is 15.0. The average Bonchev–Trinajstić information content (AvgIpc) is 2.77. The third-order valence-corrected chi connectivity index (χ3v) is 5.13. The zero-order chi connectivity index (χ0) is 22.1. The Labute approximate surface area is 205 Å². The molecule has 0 unspecified atom stereocenters. The van der Waals surface area contributed by atoms with Crippen LogP contribution in [0.25, 0.3) is 0 Å². The fraction of sp³-hybridized carbons (Fsp3) is 0.435. The van der Waals surface area contributed by atoms with E-state index in [1.807, 2.05) is 11.9 Å². The summed E-state index contributed by atoms with van der Waals surface area (Å²) < 4.78 is 34.3. The molecule has 1 aliphatic heterocycles. The minimum atomic E-state index is -2.81. The van der Waals surface area contributed by atoms with E-state index in [-0.39, 0.29) is 29.7 Å². The summed E-state index contributed by atoms with van der Waals surface area (Å²) in [6.45, 7) is 2.96. The summed E-state index contributed by atoms with van der Waals surface area (Å²) in [7, 11) is 3.67. The molecule has 6 nitrogen and oxygen atoms in total. The van der Waals surface area contributed by atoms with Gasteiger partial charge in [-0.15, -0.1) is 24.0 Å². The van der Waals surface area contributed by atoms with Gasteiger partial charge in [0.15, 0.2) is 5.96 Å². The molecule has 0 radical (unpaired) electrons. The second-order valence-corrected chi connectivity index (χ2v) is 7.48. The molecule has 0 amide bonds. The van der Waals surface area contributed by atoms with Crippen LogP contribution >= 0.6 is 24.0 Å². The summed E-state index contributed by atoms with van der Waals surface area (Å²) in [6.07, 6.45) is 0.